The smallest absolute Gasteiger partial charge is 0.242 e. The van der Waals surface area contributed by atoms with Crippen molar-refractivity contribution in [1.82, 2.24) is 0 Å². The predicted octanol–water partition coefficient (Wildman–Crippen LogP) is 4.31. The molecule has 0 saturated heterocycles. The second kappa shape index (κ2) is 7.86. The molecule has 0 radical (unpaired) electrons. The Kier molecular flexibility index (Phi) is 5.84. The third kappa shape index (κ3) is 5.98. The molecule has 2 aromatic carbocycles. The van der Waals surface area contributed by atoms with Crippen LogP contribution in [0.3, 0.4) is 0 Å². The standard InChI is InChI=1S/C19H19O5P/c1-25(2,23)24-17-7-3-5-14(13-17)9-11-16(20)12-10-15-6-4-8-18(21)19(15)22/h3-13,21-22H,1-2H3. The lowest BCUT2D eigenvalue weighted by atomic mass is 10.1. The topological polar surface area (TPSA) is 83.8 Å². The molecule has 0 amide bonds. The van der Waals surface area contributed by atoms with Gasteiger partial charge < -0.3 is 14.7 Å². The third-order valence-electron chi connectivity index (χ3n) is 3.10. The van der Waals surface area contributed by atoms with E-state index in [1.165, 1.54) is 37.6 Å². The number of para-hydroxylation sites is 1. The van der Waals surface area contributed by atoms with Crippen molar-refractivity contribution in [2.45, 2.75) is 0 Å². The van der Waals surface area contributed by atoms with Gasteiger partial charge in [0.2, 0.25) is 7.37 Å². The molecule has 0 heterocycles. The van der Waals surface area contributed by atoms with E-state index in [0.717, 1.165) is 5.56 Å². The van der Waals surface area contributed by atoms with Crippen molar-refractivity contribution in [2.75, 3.05) is 13.3 Å². The van der Waals surface area contributed by atoms with E-state index in [-0.39, 0.29) is 17.3 Å². The van der Waals surface area contributed by atoms with Gasteiger partial charge in [0.15, 0.2) is 17.3 Å². The lowest BCUT2D eigenvalue weighted by Crippen LogP contribution is -1.89. The Hall–Kier alpha value is -2.78. The van der Waals surface area contributed by atoms with Crippen LogP contribution in [0.4, 0.5) is 0 Å². The van der Waals surface area contributed by atoms with E-state index in [1.54, 1.807) is 42.5 Å². The van der Waals surface area contributed by atoms with Crippen LogP contribution in [0.25, 0.3) is 12.2 Å². The van der Waals surface area contributed by atoms with Gasteiger partial charge in [0, 0.05) is 18.9 Å². The van der Waals surface area contributed by atoms with Crippen molar-refractivity contribution < 1.29 is 24.1 Å². The number of carbonyl (C=O) groups excluding carboxylic acids is 1. The monoisotopic (exact) mass is 358 g/mol. The molecule has 0 aliphatic heterocycles. The molecule has 0 fully saturated rings. The van der Waals surface area contributed by atoms with Crippen molar-refractivity contribution in [2.24, 2.45) is 0 Å². The van der Waals surface area contributed by atoms with E-state index in [4.69, 9.17) is 4.52 Å². The second-order valence-corrected chi connectivity index (χ2v) is 8.39. The molecule has 0 saturated carbocycles. The zero-order valence-corrected chi connectivity index (χ0v) is 14.8. The van der Waals surface area contributed by atoms with Crippen LogP contribution >= 0.6 is 7.37 Å². The molecule has 0 aliphatic carbocycles. The maximum absolute atomic E-state index is 11.9. The lowest BCUT2D eigenvalue weighted by Gasteiger charge is -2.10. The molecule has 2 rings (SSSR count). The van der Waals surface area contributed by atoms with Gasteiger partial charge in [0.25, 0.3) is 0 Å². The minimum absolute atomic E-state index is 0.244. The van der Waals surface area contributed by atoms with Gasteiger partial charge in [-0.05, 0) is 42.0 Å². The molecule has 2 N–H and O–H groups in total. The first kappa shape index (κ1) is 18.6. The van der Waals surface area contributed by atoms with Gasteiger partial charge in [-0.3, -0.25) is 9.36 Å². The number of carbonyl (C=O) groups is 1. The number of aromatic hydroxyl groups is 2. The van der Waals surface area contributed by atoms with Crippen molar-refractivity contribution in [1.29, 1.82) is 0 Å². The fourth-order valence-electron chi connectivity index (χ4n) is 2.02. The maximum Gasteiger partial charge on any atom is 0.242 e. The number of hydrogen-bond donors (Lipinski definition) is 2. The first-order valence-corrected chi connectivity index (χ1v) is 10.0. The van der Waals surface area contributed by atoms with E-state index >= 15 is 0 Å². The van der Waals surface area contributed by atoms with Crippen molar-refractivity contribution in [3.63, 3.8) is 0 Å². The molecule has 0 spiro atoms. The van der Waals surface area contributed by atoms with Gasteiger partial charge >= 0.3 is 0 Å². The van der Waals surface area contributed by atoms with E-state index < -0.39 is 7.37 Å². The summed E-state index contributed by atoms with van der Waals surface area (Å²) in [7, 11) is -2.65. The largest absolute Gasteiger partial charge is 0.504 e. The number of benzene rings is 2. The number of ketones is 1. The summed E-state index contributed by atoms with van der Waals surface area (Å²) in [5.41, 5.74) is 1.08. The van der Waals surface area contributed by atoms with Crippen LogP contribution in [0.15, 0.2) is 54.6 Å². The van der Waals surface area contributed by atoms with Crippen LogP contribution in [0.5, 0.6) is 17.2 Å². The third-order valence-corrected chi connectivity index (χ3v) is 3.75. The summed E-state index contributed by atoms with van der Waals surface area (Å²) < 4.78 is 17.0. The Morgan fingerprint density at radius 3 is 2.44 bits per heavy atom. The predicted molar refractivity (Wildman–Crippen MR) is 99.4 cm³/mol. The summed E-state index contributed by atoms with van der Waals surface area (Å²) in [6, 6.07) is 11.4. The van der Waals surface area contributed by atoms with E-state index in [2.05, 4.69) is 0 Å². The number of phenols is 2. The van der Waals surface area contributed by atoms with Gasteiger partial charge in [-0.25, -0.2) is 0 Å². The first-order valence-electron chi connectivity index (χ1n) is 7.50. The van der Waals surface area contributed by atoms with Crippen molar-refractivity contribution >= 4 is 25.3 Å². The Morgan fingerprint density at radius 1 is 1.04 bits per heavy atom. The molecular weight excluding hydrogens is 339 g/mol. The Balaban J connectivity index is 2.07. The SMILES string of the molecule is CP(C)(=O)Oc1cccc(C=CC(=O)C=Cc2cccc(O)c2O)c1. The molecular formula is C19H19O5P. The average Bonchev–Trinajstić information content (AvgIpc) is 2.53. The molecule has 5 nitrogen and oxygen atoms in total. The normalized spacial score (nSPS) is 11.9. The highest BCUT2D eigenvalue weighted by Crippen LogP contribution is 2.38. The van der Waals surface area contributed by atoms with Gasteiger partial charge in [0.1, 0.15) is 5.75 Å². The summed E-state index contributed by atoms with van der Waals surface area (Å²) in [6.07, 6.45) is 5.69. The zero-order chi connectivity index (χ0) is 18.4. The zero-order valence-electron chi connectivity index (χ0n) is 13.9. The van der Waals surface area contributed by atoms with Gasteiger partial charge in [-0.1, -0.05) is 30.3 Å². The van der Waals surface area contributed by atoms with Crippen LogP contribution in [0.1, 0.15) is 11.1 Å². The highest BCUT2D eigenvalue weighted by atomic mass is 31.2. The Labute approximate surface area is 146 Å². The quantitative estimate of drug-likeness (QED) is 0.457. The molecule has 0 aliphatic rings. The van der Waals surface area contributed by atoms with Gasteiger partial charge in [-0.15, -0.1) is 0 Å². The molecule has 25 heavy (non-hydrogen) atoms. The molecule has 6 heteroatoms. The molecule has 0 unspecified atom stereocenters. The molecule has 130 valence electrons. The summed E-state index contributed by atoms with van der Waals surface area (Å²) in [5.74, 6) is -0.330. The van der Waals surface area contributed by atoms with Crippen LogP contribution in [-0.4, -0.2) is 29.3 Å². The molecule has 0 bridgehead atoms. The molecule has 0 aromatic heterocycles. The average molecular weight is 358 g/mol. The van der Waals surface area contributed by atoms with E-state index in [1.807, 2.05) is 0 Å². The maximum atomic E-state index is 11.9. The molecule has 0 atom stereocenters. The minimum Gasteiger partial charge on any atom is -0.504 e. The number of rotatable bonds is 6. The van der Waals surface area contributed by atoms with E-state index in [9.17, 15) is 19.6 Å². The number of phenolic OH excluding ortho intramolecular Hbond substituents is 2. The second-order valence-electron chi connectivity index (χ2n) is 5.70. The summed E-state index contributed by atoms with van der Waals surface area (Å²) in [6.45, 7) is 3.06. The minimum atomic E-state index is -2.65. The van der Waals surface area contributed by atoms with Gasteiger partial charge in [0.05, 0.1) is 0 Å². The Bertz CT molecular complexity index is 877. The fraction of sp³-hybridized carbons (Fsp3) is 0.105. The van der Waals surface area contributed by atoms with Crippen LogP contribution in [-0.2, 0) is 9.36 Å². The summed E-state index contributed by atoms with van der Waals surface area (Å²) in [4.78, 5) is 11.9. The highest BCUT2D eigenvalue weighted by molar-refractivity contribution is 7.57. The first-order chi connectivity index (χ1) is 11.7. The number of allylic oxidation sites excluding steroid dienone is 2. The number of hydrogen-bond acceptors (Lipinski definition) is 5. The highest BCUT2D eigenvalue weighted by Gasteiger charge is 2.08. The van der Waals surface area contributed by atoms with Crippen LogP contribution in [0, 0.1) is 0 Å². The van der Waals surface area contributed by atoms with Crippen molar-refractivity contribution in [3.05, 3.63) is 65.7 Å². The van der Waals surface area contributed by atoms with Crippen LogP contribution < -0.4 is 4.52 Å². The Morgan fingerprint density at radius 2 is 1.72 bits per heavy atom. The van der Waals surface area contributed by atoms with E-state index in [0.29, 0.717) is 11.3 Å². The van der Waals surface area contributed by atoms with Gasteiger partial charge in [-0.2, -0.15) is 0 Å². The summed E-state index contributed by atoms with van der Waals surface area (Å²) >= 11 is 0. The summed E-state index contributed by atoms with van der Waals surface area (Å²) in [5, 5.41) is 19.1. The molecule has 2 aromatic rings. The fourth-order valence-corrected chi connectivity index (χ4v) is 2.64. The lowest BCUT2D eigenvalue weighted by molar-refractivity contribution is -0.110. The van der Waals surface area contributed by atoms with Crippen LogP contribution in [0.2, 0.25) is 0 Å². The van der Waals surface area contributed by atoms with Crippen molar-refractivity contribution in [3.8, 4) is 17.2 Å².